The molecule has 37 heavy (non-hydrogen) atoms. The first kappa shape index (κ1) is 26.6. The van der Waals surface area contributed by atoms with E-state index in [-0.39, 0.29) is 35.9 Å². The third kappa shape index (κ3) is 5.61. The van der Waals surface area contributed by atoms with Crippen LogP contribution in [0.5, 0.6) is 5.88 Å². The van der Waals surface area contributed by atoms with Crippen LogP contribution in [-0.2, 0) is 27.4 Å². The quantitative estimate of drug-likeness (QED) is 0.401. The SMILES string of the molecule is COc1nn(-c2cnc(C(F)(F)F)cn2)cc1CCC(=O)[C@@H]1C[C@@H](F)CN1S(=O)(=O)c1ccc(F)cc1. The zero-order chi connectivity index (χ0) is 27.0. The van der Waals surface area contributed by atoms with Gasteiger partial charge in [0.1, 0.15) is 12.0 Å². The Kier molecular flexibility index (Phi) is 7.28. The van der Waals surface area contributed by atoms with Gasteiger partial charge >= 0.3 is 6.18 Å². The van der Waals surface area contributed by atoms with E-state index in [9.17, 15) is 35.2 Å². The van der Waals surface area contributed by atoms with Crippen LogP contribution in [0.25, 0.3) is 5.82 Å². The Labute approximate surface area is 207 Å². The van der Waals surface area contributed by atoms with Gasteiger partial charge in [0.2, 0.25) is 15.9 Å². The largest absolute Gasteiger partial charge is 0.480 e. The molecular weight excluding hydrogens is 525 g/mol. The average molecular weight is 545 g/mol. The van der Waals surface area contributed by atoms with E-state index in [4.69, 9.17) is 4.74 Å². The van der Waals surface area contributed by atoms with Gasteiger partial charge in [0.15, 0.2) is 17.3 Å². The van der Waals surface area contributed by atoms with Gasteiger partial charge in [-0.25, -0.2) is 31.8 Å². The number of hydrogen-bond acceptors (Lipinski definition) is 7. The zero-order valence-electron chi connectivity index (χ0n) is 19.2. The molecule has 4 rings (SSSR count). The molecule has 1 aromatic carbocycles. The van der Waals surface area contributed by atoms with Gasteiger partial charge in [-0.1, -0.05) is 0 Å². The maximum absolute atomic E-state index is 14.2. The monoisotopic (exact) mass is 545 g/mol. The van der Waals surface area contributed by atoms with Crippen molar-refractivity contribution in [1.29, 1.82) is 0 Å². The molecule has 1 fully saturated rings. The number of aromatic nitrogens is 4. The number of halogens is 5. The van der Waals surface area contributed by atoms with Crippen molar-refractivity contribution >= 4 is 15.8 Å². The number of carbonyl (C=O) groups excluding carboxylic acids is 1. The number of rotatable bonds is 8. The summed E-state index contributed by atoms with van der Waals surface area (Å²) in [5, 5.41) is 4.08. The highest BCUT2D eigenvalue weighted by atomic mass is 32.2. The van der Waals surface area contributed by atoms with E-state index >= 15 is 0 Å². The van der Waals surface area contributed by atoms with Crippen molar-refractivity contribution in [1.82, 2.24) is 24.1 Å². The molecule has 0 saturated carbocycles. The highest BCUT2D eigenvalue weighted by Crippen LogP contribution is 2.30. The van der Waals surface area contributed by atoms with Crippen molar-refractivity contribution in [3.63, 3.8) is 0 Å². The first-order chi connectivity index (χ1) is 17.4. The summed E-state index contributed by atoms with van der Waals surface area (Å²) in [6.45, 7) is -0.510. The van der Waals surface area contributed by atoms with Crippen LogP contribution in [-0.4, -0.2) is 64.1 Å². The van der Waals surface area contributed by atoms with Crippen LogP contribution < -0.4 is 4.74 Å². The number of aryl methyl sites for hydroxylation is 1. The Hall–Kier alpha value is -3.46. The predicted octanol–water partition coefficient (Wildman–Crippen LogP) is 3.13. The van der Waals surface area contributed by atoms with Crippen LogP contribution >= 0.6 is 0 Å². The van der Waals surface area contributed by atoms with Crippen LogP contribution in [0.15, 0.2) is 47.8 Å². The number of nitrogens with zero attached hydrogens (tertiary/aromatic N) is 5. The zero-order valence-corrected chi connectivity index (χ0v) is 20.0. The Morgan fingerprint density at radius 1 is 1.16 bits per heavy atom. The number of ether oxygens (including phenoxy) is 1. The number of benzene rings is 1. The van der Waals surface area contributed by atoms with Gasteiger partial charge in [-0.2, -0.15) is 17.5 Å². The highest BCUT2D eigenvalue weighted by molar-refractivity contribution is 7.89. The topological polar surface area (TPSA) is 107 Å². The lowest BCUT2D eigenvalue weighted by molar-refractivity contribution is -0.141. The van der Waals surface area contributed by atoms with Gasteiger partial charge in [0.05, 0.1) is 30.4 Å². The van der Waals surface area contributed by atoms with Crippen LogP contribution in [0.3, 0.4) is 0 Å². The fourth-order valence-corrected chi connectivity index (χ4v) is 5.57. The predicted molar refractivity (Wildman–Crippen MR) is 118 cm³/mol. The van der Waals surface area contributed by atoms with Gasteiger partial charge in [-0.15, -0.1) is 5.10 Å². The van der Waals surface area contributed by atoms with Crippen molar-refractivity contribution in [2.75, 3.05) is 13.7 Å². The summed E-state index contributed by atoms with van der Waals surface area (Å²) in [7, 11) is -2.95. The first-order valence-corrected chi connectivity index (χ1v) is 12.3. The molecule has 198 valence electrons. The number of carbonyl (C=O) groups is 1. The second kappa shape index (κ2) is 10.1. The molecule has 0 unspecified atom stereocenters. The van der Waals surface area contributed by atoms with Gasteiger partial charge in [-0.05, 0) is 30.7 Å². The Morgan fingerprint density at radius 2 is 1.86 bits per heavy atom. The standard InChI is InChI=1S/C22H20F5N5O4S/c1-36-21-13(11-31(30-21)20-10-28-19(9-29-20)22(25,26)27)2-7-18(33)17-8-15(24)12-32(17)37(34,35)16-5-3-14(23)4-6-16/h3-6,9-11,15,17H,2,7-8,12H2,1H3/t15-,17+/m1/s1. The number of alkyl halides is 4. The minimum absolute atomic E-state index is 0.0218. The second-order valence-corrected chi connectivity index (χ2v) is 10.1. The van der Waals surface area contributed by atoms with Crippen molar-refractivity contribution in [3.8, 4) is 11.7 Å². The summed E-state index contributed by atoms with van der Waals surface area (Å²) in [5.41, 5.74) is -0.788. The van der Waals surface area contributed by atoms with Gasteiger partial charge in [-0.3, -0.25) is 4.79 Å². The molecule has 2 aromatic heterocycles. The van der Waals surface area contributed by atoms with Crippen LogP contribution in [0.2, 0.25) is 0 Å². The van der Waals surface area contributed by atoms with Gasteiger partial charge < -0.3 is 4.74 Å². The molecule has 0 radical (unpaired) electrons. The van der Waals surface area contributed by atoms with E-state index in [1.807, 2.05) is 0 Å². The van der Waals surface area contributed by atoms with Gasteiger partial charge in [0.25, 0.3) is 0 Å². The molecule has 3 heterocycles. The maximum atomic E-state index is 14.2. The Bertz CT molecular complexity index is 1380. The van der Waals surface area contributed by atoms with E-state index in [1.165, 1.54) is 13.3 Å². The highest BCUT2D eigenvalue weighted by Gasteiger charge is 2.43. The van der Waals surface area contributed by atoms with E-state index < -0.39 is 52.3 Å². The molecule has 1 aliphatic rings. The fourth-order valence-electron chi connectivity index (χ4n) is 3.92. The molecule has 0 bridgehead atoms. The Balaban J connectivity index is 1.50. The molecule has 0 N–H and O–H groups in total. The lowest BCUT2D eigenvalue weighted by Gasteiger charge is -2.22. The lowest BCUT2D eigenvalue weighted by Crippen LogP contribution is -2.40. The lowest BCUT2D eigenvalue weighted by atomic mass is 10.0. The summed E-state index contributed by atoms with van der Waals surface area (Å²) in [6, 6.07) is 2.74. The molecule has 0 spiro atoms. The summed E-state index contributed by atoms with van der Waals surface area (Å²) in [4.78, 5) is 19.7. The number of sulfonamides is 1. The van der Waals surface area contributed by atoms with E-state index in [0.717, 1.165) is 39.4 Å². The van der Waals surface area contributed by atoms with E-state index in [1.54, 1.807) is 0 Å². The van der Waals surface area contributed by atoms with Crippen molar-refractivity contribution in [2.45, 2.75) is 42.5 Å². The number of ketones is 1. The summed E-state index contributed by atoms with van der Waals surface area (Å²) in [5.74, 6) is -1.15. The molecule has 1 aliphatic heterocycles. The van der Waals surface area contributed by atoms with Crippen LogP contribution in [0.1, 0.15) is 24.1 Å². The number of Topliss-reactive ketones (excluding diaryl/α,β-unsaturated/α-hetero) is 1. The molecule has 1 saturated heterocycles. The maximum Gasteiger partial charge on any atom is 0.434 e. The van der Waals surface area contributed by atoms with Crippen LogP contribution in [0, 0.1) is 5.82 Å². The third-order valence-electron chi connectivity index (χ3n) is 5.75. The van der Waals surface area contributed by atoms with E-state index in [2.05, 4.69) is 15.1 Å². The second-order valence-electron chi connectivity index (χ2n) is 8.21. The summed E-state index contributed by atoms with van der Waals surface area (Å²) < 4.78 is 98.7. The van der Waals surface area contributed by atoms with Crippen LogP contribution in [0.4, 0.5) is 22.0 Å². The first-order valence-electron chi connectivity index (χ1n) is 10.9. The number of hydrogen-bond donors (Lipinski definition) is 0. The molecule has 2 atom stereocenters. The molecule has 9 nitrogen and oxygen atoms in total. The fraction of sp³-hybridized carbons (Fsp3) is 0.364. The smallest absolute Gasteiger partial charge is 0.434 e. The Morgan fingerprint density at radius 3 is 2.46 bits per heavy atom. The molecule has 3 aromatic rings. The molecule has 0 aliphatic carbocycles. The molecular formula is C22H20F5N5O4S. The average Bonchev–Trinajstić information content (AvgIpc) is 3.46. The third-order valence-corrected chi connectivity index (χ3v) is 7.63. The minimum Gasteiger partial charge on any atom is -0.480 e. The molecule has 0 amide bonds. The molecule has 15 heteroatoms. The normalized spacial score (nSPS) is 18.8. The van der Waals surface area contributed by atoms with Crippen molar-refractivity contribution in [2.24, 2.45) is 0 Å². The summed E-state index contributed by atoms with van der Waals surface area (Å²) >= 11 is 0. The van der Waals surface area contributed by atoms with Crippen molar-refractivity contribution < 1.29 is 39.9 Å². The van der Waals surface area contributed by atoms with Gasteiger partial charge in [0, 0.05) is 31.1 Å². The number of methoxy groups -OCH3 is 1. The summed E-state index contributed by atoms with van der Waals surface area (Å²) in [6.07, 6.45) is -3.89. The van der Waals surface area contributed by atoms with E-state index in [0.29, 0.717) is 11.8 Å². The minimum atomic E-state index is -4.66. The van der Waals surface area contributed by atoms with Crippen molar-refractivity contribution in [3.05, 3.63) is 59.9 Å².